The number of carbonyl (C=O) groups is 1. The molecule has 0 aliphatic rings. The fourth-order valence-corrected chi connectivity index (χ4v) is 1.13. The minimum absolute atomic E-state index is 0.0205. The molecule has 0 heterocycles. The van der Waals surface area contributed by atoms with Crippen LogP contribution in [0.3, 0.4) is 0 Å². The van der Waals surface area contributed by atoms with Crippen molar-refractivity contribution < 1.29 is 14.7 Å². The number of amides is 1. The lowest BCUT2D eigenvalue weighted by molar-refractivity contribution is 0.0956. The zero-order chi connectivity index (χ0) is 12.0. The number of amidine groups is 1. The van der Waals surface area contributed by atoms with Crippen molar-refractivity contribution in [1.29, 1.82) is 0 Å². The molecule has 0 bridgehead atoms. The van der Waals surface area contributed by atoms with E-state index in [-0.39, 0.29) is 18.3 Å². The summed E-state index contributed by atoms with van der Waals surface area (Å²) in [6, 6.07) is 6.79. The highest BCUT2D eigenvalue weighted by molar-refractivity contribution is 5.99. The van der Waals surface area contributed by atoms with Crippen molar-refractivity contribution in [2.75, 3.05) is 13.7 Å². The number of benzene rings is 1. The van der Waals surface area contributed by atoms with E-state index in [0.717, 1.165) is 0 Å². The molecule has 1 rings (SSSR count). The number of hydrogen-bond donors (Lipinski definition) is 3. The fourth-order valence-electron chi connectivity index (χ4n) is 1.13. The van der Waals surface area contributed by atoms with Crippen molar-refractivity contribution >= 4 is 11.7 Å². The summed E-state index contributed by atoms with van der Waals surface area (Å²) in [6.07, 6.45) is 0. The van der Waals surface area contributed by atoms with Crippen LogP contribution >= 0.6 is 0 Å². The van der Waals surface area contributed by atoms with Crippen LogP contribution in [0.5, 0.6) is 5.75 Å². The number of ether oxygens (including phenoxy) is 1. The highest BCUT2D eigenvalue weighted by Crippen LogP contribution is 2.16. The molecule has 1 aromatic carbocycles. The van der Waals surface area contributed by atoms with Gasteiger partial charge in [0.05, 0.1) is 19.2 Å². The van der Waals surface area contributed by atoms with E-state index in [2.05, 4.69) is 10.5 Å². The Morgan fingerprint density at radius 2 is 2.25 bits per heavy atom. The summed E-state index contributed by atoms with van der Waals surface area (Å²) in [5.41, 5.74) is 5.62. The Kier molecular flexibility index (Phi) is 4.14. The van der Waals surface area contributed by atoms with Crippen molar-refractivity contribution in [3.63, 3.8) is 0 Å². The first kappa shape index (κ1) is 11.8. The molecule has 0 aromatic heterocycles. The van der Waals surface area contributed by atoms with E-state index in [1.807, 2.05) is 0 Å². The Labute approximate surface area is 92.7 Å². The van der Waals surface area contributed by atoms with E-state index in [4.69, 9.17) is 15.7 Å². The Balaban J connectivity index is 2.73. The molecule has 0 spiro atoms. The predicted octanol–water partition coefficient (Wildman–Crippen LogP) is 0.171. The molecule has 6 heteroatoms. The minimum atomic E-state index is -0.343. The third kappa shape index (κ3) is 2.88. The van der Waals surface area contributed by atoms with Gasteiger partial charge in [-0.05, 0) is 12.1 Å². The second kappa shape index (κ2) is 5.59. The van der Waals surface area contributed by atoms with Gasteiger partial charge in [0.1, 0.15) is 5.75 Å². The summed E-state index contributed by atoms with van der Waals surface area (Å²) in [4.78, 5) is 11.7. The number of methoxy groups -OCH3 is 1. The molecular weight excluding hydrogens is 210 g/mol. The van der Waals surface area contributed by atoms with Crippen LogP contribution in [0.4, 0.5) is 0 Å². The van der Waals surface area contributed by atoms with E-state index in [1.54, 1.807) is 24.3 Å². The number of hydrogen-bond acceptors (Lipinski definition) is 4. The molecule has 6 nitrogen and oxygen atoms in total. The molecule has 1 aromatic rings. The van der Waals surface area contributed by atoms with Crippen molar-refractivity contribution in [3.8, 4) is 5.75 Å². The first-order valence-electron chi connectivity index (χ1n) is 4.56. The molecule has 0 radical (unpaired) electrons. The molecule has 0 atom stereocenters. The summed E-state index contributed by atoms with van der Waals surface area (Å²) >= 11 is 0. The van der Waals surface area contributed by atoms with Gasteiger partial charge < -0.3 is 21.0 Å². The lowest BCUT2D eigenvalue weighted by Crippen LogP contribution is -2.33. The van der Waals surface area contributed by atoms with E-state index >= 15 is 0 Å². The van der Waals surface area contributed by atoms with E-state index in [1.165, 1.54) is 7.11 Å². The van der Waals surface area contributed by atoms with E-state index in [0.29, 0.717) is 11.3 Å². The van der Waals surface area contributed by atoms with Crippen molar-refractivity contribution in [1.82, 2.24) is 5.32 Å². The summed E-state index contributed by atoms with van der Waals surface area (Å²) in [7, 11) is 1.48. The number of rotatable bonds is 4. The van der Waals surface area contributed by atoms with Gasteiger partial charge in [-0.15, -0.1) is 0 Å². The van der Waals surface area contributed by atoms with Crippen molar-refractivity contribution in [3.05, 3.63) is 29.8 Å². The summed E-state index contributed by atoms with van der Waals surface area (Å²) in [6.45, 7) is -0.0205. The molecule has 0 fully saturated rings. The van der Waals surface area contributed by atoms with Gasteiger partial charge in [-0.3, -0.25) is 4.79 Å². The van der Waals surface area contributed by atoms with Crippen LogP contribution < -0.4 is 15.8 Å². The number of para-hydroxylation sites is 1. The third-order valence-electron chi connectivity index (χ3n) is 1.91. The Bertz CT molecular complexity index is 404. The van der Waals surface area contributed by atoms with E-state index < -0.39 is 0 Å². The van der Waals surface area contributed by atoms with Crippen LogP contribution in [0.2, 0.25) is 0 Å². The smallest absolute Gasteiger partial charge is 0.255 e. The average Bonchev–Trinajstić information content (AvgIpc) is 2.35. The lowest BCUT2D eigenvalue weighted by Gasteiger charge is -2.08. The standard InChI is InChI=1S/C10H13N3O3/c1-16-8-5-3-2-4-7(8)10(14)12-6-9(11)13-15/h2-5,15H,6H2,1H3,(H2,11,13)(H,12,14). The van der Waals surface area contributed by atoms with Gasteiger partial charge >= 0.3 is 0 Å². The highest BCUT2D eigenvalue weighted by Gasteiger charge is 2.10. The molecule has 0 saturated carbocycles. The Morgan fingerprint density at radius 1 is 1.56 bits per heavy atom. The molecular formula is C10H13N3O3. The molecule has 1 amide bonds. The van der Waals surface area contributed by atoms with Crippen molar-refractivity contribution in [2.24, 2.45) is 10.9 Å². The number of nitrogens with zero attached hydrogens (tertiary/aromatic N) is 1. The second-order valence-electron chi connectivity index (χ2n) is 2.97. The molecule has 86 valence electrons. The monoisotopic (exact) mass is 223 g/mol. The van der Waals surface area contributed by atoms with Gasteiger partial charge in [0.25, 0.3) is 5.91 Å². The number of carbonyl (C=O) groups excluding carboxylic acids is 1. The largest absolute Gasteiger partial charge is 0.496 e. The Hall–Kier alpha value is -2.24. The quantitative estimate of drug-likeness (QED) is 0.293. The maximum atomic E-state index is 11.7. The van der Waals surface area contributed by atoms with Crippen LogP contribution in [-0.2, 0) is 0 Å². The van der Waals surface area contributed by atoms with Gasteiger partial charge in [0.15, 0.2) is 5.84 Å². The molecule has 0 aliphatic heterocycles. The van der Waals surface area contributed by atoms with Gasteiger partial charge in [-0.1, -0.05) is 17.3 Å². The second-order valence-corrected chi connectivity index (χ2v) is 2.97. The van der Waals surface area contributed by atoms with Gasteiger partial charge in [-0.2, -0.15) is 0 Å². The van der Waals surface area contributed by atoms with Crippen molar-refractivity contribution in [2.45, 2.75) is 0 Å². The van der Waals surface area contributed by atoms with Gasteiger partial charge in [0, 0.05) is 0 Å². The summed E-state index contributed by atoms with van der Waals surface area (Å²) in [5.74, 6) is 0.0619. The number of oxime groups is 1. The maximum absolute atomic E-state index is 11.7. The zero-order valence-electron chi connectivity index (χ0n) is 8.80. The van der Waals surface area contributed by atoms with Crippen LogP contribution in [0.25, 0.3) is 0 Å². The van der Waals surface area contributed by atoms with Crippen LogP contribution in [-0.4, -0.2) is 30.6 Å². The summed E-state index contributed by atoms with van der Waals surface area (Å²) in [5, 5.41) is 13.5. The SMILES string of the molecule is COc1ccccc1C(=O)NC/C(N)=N/O. The first-order valence-corrected chi connectivity index (χ1v) is 4.56. The molecule has 4 N–H and O–H groups in total. The van der Waals surface area contributed by atoms with Gasteiger partial charge in [-0.25, -0.2) is 0 Å². The third-order valence-corrected chi connectivity index (χ3v) is 1.91. The highest BCUT2D eigenvalue weighted by atomic mass is 16.5. The van der Waals surface area contributed by atoms with E-state index in [9.17, 15) is 4.79 Å². The first-order chi connectivity index (χ1) is 7.69. The predicted molar refractivity (Wildman–Crippen MR) is 58.7 cm³/mol. The maximum Gasteiger partial charge on any atom is 0.255 e. The molecule has 0 aliphatic carbocycles. The fraction of sp³-hybridized carbons (Fsp3) is 0.200. The Morgan fingerprint density at radius 3 is 2.88 bits per heavy atom. The van der Waals surface area contributed by atoms with Gasteiger partial charge in [0.2, 0.25) is 0 Å². The average molecular weight is 223 g/mol. The molecule has 0 unspecified atom stereocenters. The molecule has 0 saturated heterocycles. The number of nitrogens with two attached hydrogens (primary N) is 1. The van der Waals surface area contributed by atoms with Crippen LogP contribution in [0.15, 0.2) is 29.4 Å². The molecule has 16 heavy (non-hydrogen) atoms. The normalized spacial score (nSPS) is 10.9. The zero-order valence-corrected chi connectivity index (χ0v) is 8.80. The van der Waals surface area contributed by atoms with Crippen LogP contribution in [0, 0.1) is 0 Å². The minimum Gasteiger partial charge on any atom is -0.496 e. The topological polar surface area (TPSA) is 96.9 Å². The van der Waals surface area contributed by atoms with Crippen LogP contribution in [0.1, 0.15) is 10.4 Å². The number of nitrogens with one attached hydrogen (secondary N) is 1. The lowest BCUT2D eigenvalue weighted by atomic mass is 10.2. The summed E-state index contributed by atoms with van der Waals surface area (Å²) < 4.78 is 5.03.